The zero-order chi connectivity index (χ0) is 29.2. The van der Waals surface area contributed by atoms with E-state index in [4.69, 9.17) is 9.51 Å². The summed E-state index contributed by atoms with van der Waals surface area (Å²) in [7, 11) is 0. The van der Waals surface area contributed by atoms with Gasteiger partial charge in [0.15, 0.2) is 0 Å². The van der Waals surface area contributed by atoms with Crippen molar-refractivity contribution in [3.05, 3.63) is 95.1 Å². The number of carbonyl (C=O) groups is 1. The van der Waals surface area contributed by atoms with E-state index < -0.39 is 5.97 Å². The number of anilines is 1. The number of piperazine rings is 1. The van der Waals surface area contributed by atoms with Crippen LogP contribution in [-0.2, 0) is 6.42 Å². The number of carboxylic acids is 1. The number of benzene rings is 3. The fourth-order valence-corrected chi connectivity index (χ4v) is 6.27. The molecule has 43 heavy (non-hydrogen) atoms. The van der Waals surface area contributed by atoms with Crippen LogP contribution in [0, 0.1) is 0 Å². The zero-order valence-corrected chi connectivity index (χ0v) is 24.4. The summed E-state index contributed by atoms with van der Waals surface area (Å²) in [6.45, 7) is 6.61. The van der Waals surface area contributed by atoms with Gasteiger partial charge in [0.05, 0.1) is 18.7 Å². The molecule has 0 amide bonds. The summed E-state index contributed by atoms with van der Waals surface area (Å²) in [6, 6.07) is 23.4. The lowest BCUT2D eigenvalue weighted by atomic mass is 9.91. The minimum atomic E-state index is -0.892. The maximum absolute atomic E-state index is 11.9. The van der Waals surface area contributed by atoms with E-state index in [0.29, 0.717) is 17.4 Å². The molecule has 1 aromatic heterocycles. The number of hydrogen-bond acceptors (Lipinski definition) is 6. The van der Waals surface area contributed by atoms with E-state index >= 15 is 0 Å². The molecular weight excluding hydrogens is 538 g/mol. The van der Waals surface area contributed by atoms with Gasteiger partial charge in [-0.05, 0) is 76.8 Å². The number of nitrogens with two attached hydrogens (primary N) is 1. The van der Waals surface area contributed by atoms with Crippen molar-refractivity contribution in [1.82, 2.24) is 15.0 Å². The SMILES string of the molecule is O=C(O)c1ccc(-c2ccc(-c3noc(N4CCN(CCc5cccc(C6CC6)c5)CC4)n3)cc2)cc1C1=CC[NH2+]CC1. The van der Waals surface area contributed by atoms with Crippen molar-refractivity contribution in [2.75, 3.05) is 50.7 Å². The first-order valence-corrected chi connectivity index (χ1v) is 15.5. The summed E-state index contributed by atoms with van der Waals surface area (Å²) in [5.74, 6) is 0.482. The molecule has 220 valence electrons. The van der Waals surface area contributed by atoms with E-state index in [1.54, 1.807) is 6.07 Å². The van der Waals surface area contributed by atoms with Crippen molar-refractivity contribution in [2.24, 2.45) is 0 Å². The van der Waals surface area contributed by atoms with Crippen LogP contribution >= 0.6 is 0 Å². The monoisotopic (exact) mass is 576 g/mol. The molecule has 8 nitrogen and oxygen atoms in total. The predicted octanol–water partition coefficient (Wildman–Crippen LogP) is 4.69. The van der Waals surface area contributed by atoms with Crippen molar-refractivity contribution < 1.29 is 19.7 Å². The molecule has 3 aromatic carbocycles. The molecule has 0 atom stereocenters. The molecule has 1 saturated heterocycles. The van der Waals surface area contributed by atoms with Crippen molar-refractivity contribution >= 4 is 17.6 Å². The maximum atomic E-state index is 11.9. The first-order valence-electron chi connectivity index (χ1n) is 15.5. The van der Waals surface area contributed by atoms with Crippen LogP contribution in [0.4, 0.5) is 6.01 Å². The van der Waals surface area contributed by atoms with Crippen molar-refractivity contribution in [3.63, 3.8) is 0 Å². The van der Waals surface area contributed by atoms with E-state index in [0.717, 1.165) is 92.4 Å². The molecule has 7 rings (SSSR count). The van der Waals surface area contributed by atoms with Crippen molar-refractivity contribution in [3.8, 4) is 22.5 Å². The highest BCUT2D eigenvalue weighted by atomic mass is 16.5. The van der Waals surface area contributed by atoms with Gasteiger partial charge in [-0.1, -0.05) is 59.8 Å². The Bertz CT molecular complexity index is 1630. The smallest absolute Gasteiger partial charge is 0.336 e. The molecule has 3 heterocycles. The van der Waals surface area contributed by atoms with Gasteiger partial charge in [-0.3, -0.25) is 4.90 Å². The molecule has 4 aromatic rings. The van der Waals surface area contributed by atoms with Gasteiger partial charge in [-0.25, -0.2) is 4.79 Å². The van der Waals surface area contributed by atoms with Gasteiger partial charge in [0.2, 0.25) is 5.82 Å². The number of quaternary nitrogens is 1. The van der Waals surface area contributed by atoms with Gasteiger partial charge in [-0.15, -0.1) is 0 Å². The van der Waals surface area contributed by atoms with Crippen LogP contribution < -0.4 is 10.2 Å². The van der Waals surface area contributed by atoms with Crippen LogP contribution in [0.5, 0.6) is 0 Å². The van der Waals surface area contributed by atoms with Gasteiger partial charge in [-0.2, -0.15) is 4.98 Å². The van der Waals surface area contributed by atoms with E-state index in [1.165, 1.54) is 24.0 Å². The second-order valence-electron chi connectivity index (χ2n) is 11.9. The second kappa shape index (κ2) is 12.1. The lowest BCUT2D eigenvalue weighted by Gasteiger charge is -2.33. The van der Waals surface area contributed by atoms with E-state index in [1.807, 2.05) is 36.4 Å². The number of rotatable bonds is 9. The van der Waals surface area contributed by atoms with Crippen LogP contribution in [0.1, 0.15) is 52.2 Å². The molecule has 8 heteroatoms. The predicted molar refractivity (Wildman–Crippen MR) is 167 cm³/mol. The van der Waals surface area contributed by atoms with Crippen LogP contribution in [0.3, 0.4) is 0 Å². The van der Waals surface area contributed by atoms with Gasteiger partial charge in [0, 0.05) is 44.7 Å². The van der Waals surface area contributed by atoms with Crippen LogP contribution in [-0.4, -0.2) is 71.9 Å². The summed E-state index contributed by atoms with van der Waals surface area (Å²) in [6.07, 6.45) is 6.78. The van der Waals surface area contributed by atoms with Crippen LogP contribution in [0.15, 0.2) is 77.3 Å². The number of aromatic carboxylic acids is 1. The van der Waals surface area contributed by atoms with Gasteiger partial charge in [0.1, 0.15) is 0 Å². The van der Waals surface area contributed by atoms with Crippen molar-refractivity contribution in [2.45, 2.75) is 31.6 Å². The molecular formula is C35H38N5O3+. The third kappa shape index (κ3) is 6.26. The standard InChI is InChI=1S/C35H37N5O3/c41-34(42)31-11-10-30(23-32(31)27-12-15-36-16-13-27)26-6-8-28(9-7-26)33-37-35(43-38-33)40-20-18-39(19-21-40)17-14-24-2-1-3-29(22-24)25-4-5-25/h1-3,6-12,22-23,25,36H,4-5,13-21H2,(H,41,42)/p+1. The van der Waals surface area contributed by atoms with Gasteiger partial charge < -0.3 is 19.8 Å². The number of nitrogens with zero attached hydrogens (tertiary/aromatic N) is 4. The van der Waals surface area contributed by atoms with E-state index in [-0.39, 0.29) is 0 Å². The molecule has 0 bridgehead atoms. The van der Waals surface area contributed by atoms with Crippen LogP contribution in [0.25, 0.3) is 28.1 Å². The average molecular weight is 577 g/mol. The highest BCUT2D eigenvalue weighted by Gasteiger charge is 2.24. The Kier molecular flexibility index (Phi) is 7.79. The number of aromatic nitrogens is 2. The first-order chi connectivity index (χ1) is 21.1. The third-order valence-electron chi connectivity index (χ3n) is 9.00. The topological polar surface area (TPSA) is 99.3 Å². The van der Waals surface area contributed by atoms with Crippen molar-refractivity contribution in [1.29, 1.82) is 0 Å². The Morgan fingerprint density at radius 3 is 2.49 bits per heavy atom. The molecule has 0 spiro atoms. The summed E-state index contributed by atoms with van der Waals surface area (Å²) < 4.78 is 5.68. The summed E-state index contributed by atoms with van der Waals surface area (Å²) >= 11 is 0. The largest absolute Gasteiger partial charge is 0.478 e. The fourth-order valence-electron chi connectivity index (χ4n) is 6.27. The Morgan fingerprint density at radius 1 is 0.953 bits per heavy atom. The molecule has 0 radical (unpaired) electrons. The van der Waals surface area contributed by atoms with Crippen LogP contribution in [0.2, 0.25) is 0 Å². The Labute approximate surface area is 252 Å². The number of hydrogen-bond donors (Lipinski definition) is 2. The van der Waals surface area contributed by atoms with E-state index in [9.17, 15) is 9.90 Å². The Morgan fingerprint density at radius 2 is 1.74 bits per heavy atom. The average Bonchev–Trinajstić information content (AvgIpc) is 3.80. The minimum Gasteiger partial charge on any atom is -0.478 e. The highest BCUT2D eigenvalue weighted by Crippen LogP contribution is 2.40. The maximum Gasteiger partial charge on any atom is 0.336 e. The second-order valence-corrected chi connectivity index (χ2v) is 11.9. The third-order valence-corrected chi connectivity index (χ3v) is 9.00. The lowest BCUT2D eigenvalue weighted by molar-refractivity contribution is -0.646. The summed E-state index contributed by atoms with van der Waals surface area (Å²) in [5.41, 5.74) is 8.13. The fraction of sp³-hybridized carbons (Fsp3) is 0.343. The molecule has 1 saturated carbocycles. The summed E-state index contributed by atoms with van der Waals surface area (Å²) in [4.78, 5) is 21.3. The molecule has 0 unspecified atom stereocenters. The molecule has 2 fully saturated rings. The summed E-state index contributed by atoms with van der Waals surface area (Å²) in [5, 5.41) is 16.3. The first kappa shape index (κ1) is 27.6. The Hall–Kier alpha value is -4.27. The van der Waals surface area contributed by atoms with E-state index in [2.05, 4.69) is 50.6 Å². The molecule has 1 aliphatic carbocycles. The normalized spacial score (nSPS) is 17.6. The zero-order valence-electron chi connectivity index (χ0n) is 24.4. The minimum absolute atomic E-state index is 0.354. The quantitative estimate of drug-likeness (QED) is 0.298. The highest BCUT2D eigenvalue weighted by molar-refractivity contribution is 5.95. The number of carboxylic acid groups (broad SMARTS) is 1. The molecule has 3 N–H and O–H groups in total. The molecule has 3 aliphatic rings. The van der Waals surface area contributed by atoms with Gasteiger partial charge >= 0.3 is 12.0 Å². The van der Waals surface area contributed by atoms with Gasteiger partial charge in [0.25, 0.3) is 0 Å². The lowest BCUT2D eigenvalue weighted by Crippen LogP contribution is -2.84. The molecule has 2 aliphatic heterocycles. The Balaban J connectivity index is 0.975.